The molecule has 1 heterocycles. The number of aromatic nitrogens is 2. The van der Waals surface area contributed by atoms with Gasteiger partial charge < -0.3 is 5.32 Å². The maximum absolute atomic E-state index is 4.33. The molecule has 3 heteroatoms. The molecule has 1 N–H and O–H groups in total. The second-order valence-electron chi connectivity index (χ2n) is 3.94. The van der Waals surface area contributed by atoms with E-state index in [1.165, 1.54) is 6.42 Å². The second-order valence-corrected chi connectivity index (χ2v) is 3.94. The number of hydrogen-bond acceptors (Lipinski definition) is 3. The van der Waals surface area contributed by atoms with Crippen LogP contribution >= 0.6 is 0 Å². The van der Waals surface area contributed by atoms with Crippen molar-refractivity contribution < 1.29 is 0 Å². The lowest BCUT2D eigenvalue weighted by Crippen LogP contribution is -2.08. The van der Waals surface area contributed by atoms with E-state index in [1.807, 2.05) is 19.9 Å². The van der Waals surface area contributed by atoms with Crippen LogP contribution in [0.4, 0.5) is 5.95 Å². The number of nitrogens with zero attached hydrogens (tertiary/aromatic N) is 2. The van der Waals surface area contributed by atoms with Gasteiger partial charge in [-0.25, -0.2) is 9.97 Å². The first-order chi connectivity index (χ1) is 6.15. The molecular formula is C10H15N3. The standard InChI is InChI=1S/C10H15N3/c1-6-4-9(6)13-10-11-7(2)5-8(3)12-10/h5-6,9H,4H2,1-3H3,(H,11,12,13). The molecule has 0 radical (unpaired) electrons. The summed E-state index contributed by atoms with van der Waals surface area (Å²) >= 11 is 0. The zero-order valence-electron chi connectivity index (χ0n) is 8.33. The van der Waals surface area contributed by atoms with Crippen LogP contribution in [0.1, 0.15) is 24.7 Å². The molecule has 1 fully saturated rings. The monoisotopic (exact) mass is 177 g/mol. The average Bonchev–Trinajstić information content (AvgIpc) is 2.63. The third-order valence-corrected chi connectivity index (χ3v) is 2.41. The molecule has 3 nitrogen and oxygen atoms in total. The summed E-state index contributed by atoms with van der Waals surface area (Å²) in [5.74, 6) is 1.57. The van der Waals surface area contributed by atoms with Gasteiger partial charge in [0, 0.05) is 17.4 Å². The van der Waals surface area contributed by atoms with Crippen LogP contribution in [-0.4, -0.2) is 16.0 Å². The molecule has 1 saturated carbocycles. The van der Waals surface area contributed by atoms with E-state index < -0.39 is 0 Å². The van der Waals surface area contributed by atoms with Crippen molar-refractivity contribution in [3.8, 4) is 0 Å². The molecule has 1 aliphatic carbocycles. The Balaban J connectivity index is 2.11. The van der Waals surface area contributed by atoms with Crippen LogP contribution in [-0.2, 0) is 0 Å². The molecule has 0 amide bonds. The first-order valence-corrected chi connectivity index (χ1v) is 4.74. The lowest BCUT2D eigenvalue weighted by Gasteiger charge is -2.04. The first kappa shape index (κ1) is 8.48. The third-order valence-electron chi connectivity index (χ3n) is 2.41. The fraction of sp³-hybridized carbons (Fsp3) is 0.600. The Morgan fingerprint density at radius 2 is 1.85 bits per heavy atom. The van der Waals surface area contributed by atoms with Gasteiger partial charge in [-0.2, -0.15) is 0 Å². The van der Waals surface area contributed by atoms with E-state index in [1.54, 1.807) is 0 Å². The van der Waals surface area contributed by atoms with Crippen LogP contribution in [0.2, 0.25) is 0 Å². The van der Waals surface area contributed by atoms with E-state index in [4.69, 9.17) is 0 Å². The van der Waals surface area contributed by atoms with Crippen LogP contribution in [0, 0.1) is 19.8 Å². The molecular weight excluding hydrogens is 162 g/mol. The Labute approximate surface area is 78.6 Å². The molecule has 0 saturated heterocycles. The Bertz CT molecular complexity index is 302. The summed E-state index contributed by atoms with van der Waals surface area (Å²) in [6.07, 6.45) is 1.25. The van der Waals surface area contributed by atoms with Crippen molar-refractivity contribution in [1.29, 1.82) is 0 Å². The maximum Gasteiger partial charge on any atom is 0.223 e. The predicted molar refractivity (Wildman–Crippen MR) is 52.7 cm³/mol. The first-order valence-electron chi connectivity index (χ1n) is 4.74. The van der Waals surface area contributed by atoms with Gasteiger partial charge in [0.25, 0.3) is 0 Å². The summed E-state index contributed by atoms with van der Waals surface area (Å²) in [6.45, 7) is 6.23. The minimum Gasteiger partial charge on any atom is -0.351 e. The quantitative estimate of drug-likeness (QED) is 0.750. The van der Waals surface area contributed by atoms with Crippen molar-refractivity contribution in [1.82, 2.24) is 9.97 Å². The van der Waals surface area contributed by atoms with Gasteiger partial charge in [-0.3, -0.25) is 0 Å². The average molecular weight is 177 g/mol. The summed E-state index contributed by atoms with van der Waals surface area (Å²) in [4.78, 5) is 8.65. The molecule has 13 heavy (non-hydrogen) atoms. The number of aryl methyl sites for hydroxylation is 2. The van der Waals surface area contributed by atoms with E-state index in [0.29, 0.717) is 6.04 Å². The zero-order valence-corrected chi connectivity index (χ0v) is 8.33. The zero-order chi connectivity index (χ0) is 9.42. The van der Waals surface area contributed by atoms with Crippen molar-refractivity contribution in [2.75, 3.05) is 5.32 Å². The van der Waals surface area contributed by atoms with E-state index in [-0.39, 0.29) is 0 Å². The maximum atomic E-state index is 4.33. The van der Waals surface area contributed by atoms with Crippen molar-refractivity contribution in [3.63, 3.8) is 0 Å². The number of anilines is 1. The largest absolute Gasteiger partial charge is 0.351 e. The molecule has 0 bridgehead atoms. The van der Waals surface area contributed by atoms with Gasteiger partial charge in [0.15, 0.2) is 0 Å². The molecule has 2 unspecified atom stereocenters. The summed E-state index contributed by atoms with van der Waals surface area (Å²) in [5, 5.41) is 3.33. The summed E-state index contributed by atoms with van der Waals surface area (Å²) in [7, 11) is 0. The molecule has 0 spiro atoms. The molecule has 0 aromatic carbocycles. The minimum atomic E-state index is 0.598. The van der Waals surface area contributed by atoms with Crippen LogP contribution < -0.4 is 5.32 Å². The van der Waals surface area contributed by atoms with Gasteiger partial charge in [-0.1, -0.05) is 6.92 Å². The van der Waals surface area contributed by atoms with Gasteiger partial charge in [-0.15, -0.1) is 0 Å². The molecule has 2 atom stereocenters. The Hall–Kier alpha value is -1.12. The molecule has 70 valence electrons. The van der Waals surface area contributed by atoms with Crippen LogP contribution in [0.5, 0.6) is 0 Å². The second kappa shape index (κ2) is 2.98. The number of hydrogen-bond donors (Lipinski definition) is 1. The molecule has 2 rings (SSSR count). The van der Waals surface area contributed by atoms with Gasteiger partial charge in [0.1, 0.15) is 0 Å². The van der Waals surface area contributed by atoms with Gasteiger partial charge >= 0.3 is 0 Å². The van der Waals surface area contributed by atoms with Gasteiger partial charge in [0.05, 0.1) is 0 Å². The Morgan fingerprint density at radius 1 is 1.31 bits per heavy atom. The molecule has 1 aliphatic rings. The van der Waals surface area contributed by atoms with Crippen molar-refractivity contribution in [3.05, 3.63) is 17.5 Å². The Kier molecular flexibility index (Phi) is 1.94. The normalized spacial score (nSPS) is 25.8. The molecule has 1 aromatic heterocycles. The fourth-order valence-electron chi connectivity index (χ4n) is 1.48. The lowest BCUT2D eigenvalue weighted by molar-refractivity contribution is 0.907. The van der Waals surface area contributed by atoms with Crippen molar-refractivity contribution >= 4 is 5.95 Å². The fourth-order valence-corrected chi connectivity index (χ4v) is 1.48. The molecule has 1 aromatic rings. The number of rotatable bonds is 2. The minimum absolute atomic E-state index is 0.598. The predicted octanol–water partition coefficient (Wildman–Crippen LogP) is 1.91. The van der Waals surface area contributed by atoms with Crippen molar-refractivity contribution in [2.45, 2.75) is 33.2 Å². The van der Waals surface area contributed by atoms with Crippen LogP contribution in [0.25, 0.3) is 0 Å². The lowest BCUT2D eigenvalue weighted by atomic mass is 10.3. The van der Waals surface area contributed by atoms with E-state index >= 15 is 0 Å². The van der Waals surface area contributed by atoms with E-state index in [9.17, 15) is 0 Å². The van der Waals surface area contributed by atoms with E-state index in [2.05, 4.69) is 22.2 Å². The van der Waals surface area contributed by atoms with Gasteiger partial charge in [0.2, 0.25) is 5.95 Å². The summed E-state index contributed by atoms with van der Waals surface area (Å²) in [5.41, 5.74) is 2.06. The number of nitrogens with one attached hydrogen (secondary N) is 1. The summed E-state index contributed by atoms with van der Waals surface area (Å²) < 4.78 is 0. The van der Waals surface area contributed by atoms with Crippen molar-refractivity contribution in [2.24, 2.45) is 5.92 Å². The summed E-state index contributed by atoms with van der Waals surface area (Å²) in [6, 6.07) is 2.59. The Morgan fingerprint density at radius 3 is 2.31 bits per heavy atom. The topological polar surface area (TPSA) is 37.8 Å². The smallest absolute Gasteiger partial charge is 0.223 e. The highest BCUT2D eigenvalue weighted by molar-refractivity contribution is 5.31. The van der Waals surface area contributed by atoms with E-state index in [0.717, 1.165) is 23.3 Å². The highest BCUT2D eigenvalue weighted by atomic mass is 15.1. The SMILES string of the molecule is Cc1cc(C)nc(NC2CC2C)n1. The molecule has 0 aliphatic heterocycles. The van der Waals surface area contributed by atoms with Crippen LogP contribution in [0.3, 0.4) is 0 Å². The highest BCUT2D eigenvalue weighted by Crippen LogP contribution is 2.31. The van der Waals surface area contributed by atoms with Gasteiger partial charge in [-0.05, 0) is 32.3 Å². The van der Waals surface area contributed by atoms with Crippen LogP contribution in [0.15, 0.2) is 6.07 Å². The third kappa shape index (κ3) is 1.97. The highest BCUT2D eigenvalue weighted by Gasteiger charge is 2.32.